The Labute approximate surface area is 179 Å². The molecule has 0 saturated heterocycles. The van der Waals surface area contributed by atoms with E-state index >= 15 is 0 Å². The fraction of sp³-hybridized carbons (Fsp3) is 0.462. The van der Waals surface area contributed by atoms with Gasteiger partial charge in [0.15, 0.2) is 0 Å². The largest absolute Gasteiger partial charge is 0.461 e. The van der Waals surface area contributed by atoms with Crippen molar-refractivity contribution in [1.29, 1.82) is 0 Å². The molecule has 0 radical (unpaired) electrons. The Hall–Kier alpha value is -2.62. The summed E-state index contributed by atoms with van der Waals surface area (Å²) in [6.07, 6.45) is 4.27. The SMILES string of the molecule is CC1CCC(OC(=O)Cn2c(-c3ccc(C(C)(C)C)cc3)nc3ccccc32)CC1. The van der Waals surface area contributed by atoms with Gasteiger partial charge >= 0.3 is 5.97 Å². The Bertz CT molecular complexity index is 1020. The second kappa shape index (κ2) is 8.25. The molecule has 0 atom stereocenters. The van der Waals surface area contributed by atoms with Crippen molar-refractivity contribution in [1.82, 2.24) is 9.55 Å². The molecule has 4 rings (SSSR count). The lowest BCUT2D eigenvalue weighted by molar-refractivity contribution is -0.151. The van der Waals surface area contributed by atoms with Crippen LogP contribution in [-0.2, 0) is 21.5 Å². The first-order chi connectivity index (χ1) is 14.3. The molecule has 158 valence electrons. The molecule has 0 bridgehead atoms. The Kier molecular flexibility index (Phi) is 5.68. The highest BCUT2D eigenvalue weighted by Gasteiger charge is 2.23. The molecule has 0 unspecified atom stereocenters. The van der Waals surface area contributed by atoms with Crippen LogP contribution in [0.15, 0.2) is 48.5 Å². The van der Waals surface area contributed by atoms with Gasteiger partial charge < -0.3 is 9.30 Å². The van der Waals surface area contributed by atoms with E-state index in [1.54, 1.807) is 0 Å². The van der Waals surface area contributed by atoms with E-state index in [0.717, 1.165) is 54.0 Å². The minimum Gasteiger partial charge on any atom is -0.461 e. The number of rotatable bonds is 4. The monoisotopic (exact) mass is 404 g/mol. The lowest BCUT2D eigenvalue weighted by Gasteiger charge is -2.26. The second-order valence-corrected chi connectivity index (χ2v) is 9.71. The van der Waals surface area contributed by atoms with E-state index in [1.165, 1.54) is 5.56 Å². The molecule has 0 aliphatic heterocycles. The van der Waals surface area contributed by atoms with Crippen molar-refractivity contribution in [3.05, 3.63) is 54.1 Å². The fourth-order valence-corrected chi connectivity index (χ4v) is 4.27. The molecule has 0 amide bonds. The van der Waals surface area contributed by atoms with Gasteiger partial charge in [0.05, 0.1) is 11.0 Å². The predicted octanol–water partition coefficient (Wildman–Crippen LogP) is 6.12. The highest BCUT2D eigenvalue weighted by Crippen LogP contribution is 2.29. The summed E-state index contributed by atoms with van der Waals surface area (Å²) in [6, 6.07) is 16.5. The smallest absolute Gasteiger partial charge is 0.326 e. The summed E-state index contributed by atoms with van der Waals surface area (Å²) in [7, 11) is 0. The number of fused-ring (bicyclic) bond motifs is 1. The van der Waals surface area contributed by atoms with Crippen LogP contribution in [0, 0.1) is 5.92 Å². The number of benzene rings is 2. The predicted molar refractivity (Wildman–Crippen MR) is 121 cm³/mol. The molecule has 1 aliphatic carbocycles. The van der Waals surface area contributed by atoms with E-state index in [0.29, 0.717) is 0 Å². The van der Waals surface area contributed by atoms with Crippen LogP contribution in [0.3, 0.4) is 0 Å². The zero-order valence-electron chi connectivity index (χ0n) is 18.5. The van der Waals surface area contributed by atoms with Crippen LogP contribution in [0.2, 0.25) is 0 Å². The topological polar surface area (TPSA) is 44.1 Å². The van der Waals surface area contributed by atoms with Crippen LogP contribution in [0.5, 0.6) is 0 Å². The molecule has 1 aliphatic rings. The highest BCUT2D eigenvalue weighted by atomic mass is 16.5. The van der Waals surface area contributed by atoms with E-state index in [2.05, 4.69) is 52.0 Å². The maximum Gasteiger partial charge on any atom is 0.326 e. The number of hydrogen-bond acceptors (Lipinski definition) is 3. The van der Waals surface area contributed by atoms with E-state index in [-0.39, 0.29) is 24.0 Å². The van der Waals surface area contributed by atoms with Crippen LogP contribution in [0.1, 0.15) is 58.9 Å². The second-order valence-electron chi connectivity index (χ2n) is 9.71. The van der Waals surface area contributed by atoms with Gasteiger partial charge in [0.2, 0.25) is 0 Å². The first kappa shape index (κ1) is 20.6. The Morgan fingerprint density at radius 1 is 1.03 bits per heavy atom. The third-order valence-electron chi connectivity index (χ3n) is 6.21. The molecular weight excluding hydrogens is 372 g/mol. The third-order valence-corrected chi connectivity index (χ3v) is 6.21. The molecule has 30 heavy (non-hydrogen) atoms. The van der Waals surface area contributed by atoms with Gasteiger partial charge in [-0.2, -0.15) is 0 Å². The molecule has 4 nitrogen and oxygen atoms in total. The molecule has 1 saturated carbocycles. The van der Waals surface area contributed by atoms with Gasteiger partial charge in [-0.25, -0.2) is 4.98 Å². The van der Waals surface area contributed by atoms with Crippen molar-refractivity contribution >= 4 is 17.0 Å². The summed E-state index contributed by atoms with van der Waals surface area (Å²) in [5.41, 5.74) is 4.24. The number of nitrogens with zero attached hydrogens (tertiary/aromatic N) is 2. The van der Waals surface area contributed by atoms with Crippen molar-refractivity contribution in [3.8, 4) is 11.4 Å². The molecule has 1 heterocycles. The average molecular weight is 405 g/mol. The number of ether oxygens (including phenoxy) is 1. The summed E-state index contributed by atoms with van der Waals surface area (Å²) < 4.78 is 7.82. The minimum atomic E-state index is -0.176. The van der Waals surface area contributed by atoms with Gasteiger partial charge in [0.25, 0.3) is 0 Å². The number of imidazole rings is 1. The number of esters is 1. The molecule has 1 fully saturated rings. The van der Waals surface area contributed by atoms with Gasteiger partial charge in [0.1, 0.15) is 18.5 Å². The number of aromatic nitrogens is 2. The molecule has 3 aromatic rings. The summed E-state index contributed by atoms with van der Waals surface area (Å²) in [4.78, 5) is 17.6. The number of hydrogen-bond donors (Lipinski definition) is 0. The van der Waals surface area contributed by atoms with Crippen LogP contribution in [0.25, 0.3) is 22.4 Å². The number of carbonyl (C=O) groups excluding carboxylic acids is 1. The van der Waals surface area contributed by atoms with Crippen molar-refractivity contribution < 1.29 is 9.53 Å². The lowest BCUT2D eigenvalue weighted by Crippen LogP contribution is -2.25. The van der Waals surface area contributed by atoms with Crippen molar-refractivity contribution in [2.75, 3.05) is 0 Å². The van der Waals surface area contributed by atoms with Gasteiger partial charge in [-0.1, -0.05) is 64.1 Å². The zero-order valence-corrected chi connectivity index (χ0v) is 18.5. The van der Waals surface area contributed by atoms with E-state index in [4.69, 9.17) is 9.72 Å². The maximum atomic E-state index is 12.8. The summed E-state index contributed by atoms with van der Waals surface area (Å²) >= 11 is 0. The highest BCUT2D eigenvalue weighted by molar-refractivity contribution is 5.83. The Balaban J connectivity index is 1.61. The first-order valence-corrected chi connectivity index (χ1v) is 11.1. The normalized spacial score (nSPS) is 19.7. The summed E-state index contributed by atoms with van der Waals surface area (Å²) in [5.74, 6) is 1.37. The fourth-order valence-electron chi connectivity index (χ4n) is 4.27. The van der Waals surface area contributed by atoms with Crippen molar-refractivity contribution in [2.45, 2.75) is 71.4 Å². The van der Waals surface area contributed by atoms with Crippen LogP contribution in [0.4, 0.5) is 0 Å². The molecular formula is C26H32N2O2. The van der Waals surface area contributed by atoms with E-state index in [1.807, 2.05) is 28.8 Å². The zero-order chi connectivity index (χ0) is 21.3. The Morgan fingerprint density at radius 3 is 2.37 bits per heavy atom. The first-order valence-electron chi connectivity index (χ1n) is 11.1. The molecule has 0 N–H and O–H groups in total. The van der Waals surface area contributed by atoms with Crippen LogP contribution >= 0.6 is 0 Å². The molecule has 2 aromatic carbocycles. The maximum absolute atomic E-state index is 12.8. The van der Waals surface area contributed by atoms with Crippen LogP contribution < -0.4 is 0 Å². The Morgan fingerprint density at radius 2 is 1.70 bits per heavy atom. The summed E-state index contributed by atoms with van der Waals surface area (Å²) in [6.45, 7) is 9.08. The van der Waals surface area contributed by atoms with Crippen molar-refractivity contribution in [2.24, 2.45) is 5.92 Å². The third kappa shape index (κ3) is 4.43. The summed E-state index contributed by atoms with van der Waals surface area (Å²) in [5, 5.41) is 0. The quantitative estimate of drug-likeness (QED) is 0.492. The molecule has 0 spiro atoms. The molecule has 4 heteroatoms. The number of para-hydroxylation sites is 2. The van der Waals surface area contributed by atoms with Gasteiger partial charge in [0, 0.05) is 5.56 Å². The molecule has 1 aromatic heterocycles. The standard InChI is InChI=1S/C26H32N2O2/c1-18-9-15-21(16-10-18)30-24(29)17-28-23-8-6-5-7-22(23)27-25(28)19-11-13-20(14-12-19)26(2,3)4/h5-8,11-14,18,21H,9-10,15-17H2,1-4H3. The van der Waals surface area contributed by atoms with Crippen molar-refractivity contribution in [3.63, 3.8) is 0 Å². The van der Waals surface area contributed by atoms with E-state index in [9.17, 15) is 4.79 Å². The minimum absolute atomic E-state index is 0.0537. The van der Waals surface area contributed by atoms with Gasteiger partial charge in [-0.3, -0.25) is 4.79 Å². The van der Waals surface area contributed by atoms with Crippen LogP contribution in [-0.4, -0.2) is 21.6 Å². The van der Waals surface area contributed by atoms with Gasteiger partial charge in [-0.05, 0) is 54.7 Å². The van der Waals surface area contributed by atoms with Gasteiger partial charge in [-0.15, -0.1) is 0 Å². The average Bonchev–Trinajstić information content (AvgIpc) is 3.08. The number of carbonyl (C=O) groups is 1. The van der Waals surface area contributed by atoms with E-state index < -0.39 is 0 Å². The lowest BCUT2D eigenvalue weighted by atomic mass is 9.87.